The fourth-order valence-electron chi connectivity index (χ4n) is 6.21. The number of likely N-dealkylation sites (tertiary alicyclic amines) is 1. The maximum atomic E-state index is 12.5. The molecule has 0 spiro atoms. The number of rotatable bonds is 9. The smallest absolute Gasteiger partial charge is 0.153 e. The average molecular weight is 604 g/mol. The Kier molecular flexibility index (Phi) is 9.03. The third-order valence-corrected chi connectivity index (χ3v) is 8.99. The van der Waals surface area contributed by atoms with Gasteiger partial charge in [-0.3, -0.25) is 19.5 Å². The third kappa shape index (κ3) is 6.46. The Balaban J connectivity index is 1.16. The standard InChI is InChI=1S/C33H36Cl2N6O/c1-2-40-16-15-30(42)29(40)21-36-33-27-5-3-4-6-28(27)37-31(38-33)22-39-17-19-41(20-18-39)32(23-7-11-25(34)12-8-23)24-9-13-26(35)14-10-24/h3-14,29,32H,2,15-22H2,1H3,(H,36,37,38). The van der Waals surface area contributed by atoms with Crippen LogP contribution in [0.3, 0.4) is 0 Å². The van der Waals surface area contributed by atoms with Crippen molar-refractivity contribution >= 4 is 45.7 Å². The van der Waals surface area contributed by atoms with Crippen molar-refractivity contribution in [1.29, 1.82) is 0 Å². The summed E-state index contributed by atoms with van der Waals surface area (Å²) in [4.78, 5) is 29.6. The molecule has 0 radical (unpaired) electrons. The molecule has 4 aromatic rings. The average Bonchev–Trinajstić information content (AvgIpc) is 3.37. The van der Waals surface area contributed by atoms with Gasteiger partial charge < -0.3 is 5.32 Å². The first-order valence-corrected chi connectivity index (χ1v) is 15.5. The molecule has 1 aromatic heterocycles. The van der Waals surface area contributed by atoms with Gasteiger partial charge in [-0.1, -0.05) is 66.5 Å². The molecular formula is C33H36Cl2N6O. The summed E-state index contributed by atoms with van der Waals surface area (Å²) in [6, 6.07) is 24.4. The molecule has 218 valence electrons. The number of nitrogens with zero attached hydrogens (tertiary/aromatic N) is 5. The lowest BCUT2D eigenvalue weighted by Crippen LogP contribution is -2.47. The third-order valence-electron chi connectivity index (χ3n) is 8.48. The van der Waals surface area contributed by atoms with Crippen LogP contribution < -0.4 is 5.32 Å². The second kappa shape index (κ2) is 13.1. The number of likely N-dealkylation sites (N-methyl/N-ethyl adjacent to an activating group) is 1. The van der Waals surface area contributed by atoms with Crippen LogP contribution in [0.5, 0.6) is 0 Å². The van der Waals surface area contributed by atoms with Crippen molar-refractivity contribution in [3.05, 3.63) is 99.8 Å². The van der Waals surface area contributed by atoms with Crippen molar-refractivity contribution < 1.29 is 4.79 Å². The number of carbonyl (C=O) groups excluding carboxylic acids is 1. The number of hydrogen-bond donors (Lipinski definition) is 1. The molecule has 2 aliphatic rings. The van der Waals surface area contributed by atoms with Gasteiger partial charge in [-0.15, -0.1) is 0 Å². The highest BCUT2D eigenvalue weighted by Gasteiger charge is 2.31. The largest absolute Gasteiger partial charge is 0.367 e. The summed E-state index contributed by atoms with van der Waals surface area (Å²) in [5, 5.41) is 5.96. The molecule has 0 bridgehead atoms. The summed E-state index contributed by atoms with van der Waals surface area (Å²) >= 11 is 12.4. The van der Waals surface area contributed by atoms with Crippen LogP contribution in [0.25, 0.3) is 10.9 Å². The van der Waals surface area contributed by atoms with Crippen molar-refractivity contribution in [2.75, 3.05) is 51.1 Å². The number of benzene rings is 3. The number of nitrogens with one attached hydrogen (secondary N) is 1. The topological polar surface area (TPSA) is 64.6 Å². The van der Waals surface area contributed by atoms with Gasteiger partial charge in [0.25, 0.3) is 0 Å². The first-order valence-electron chi connectivity index (χ1n) is 14.7. The Morgan fingerprint density at radius 2 is 1.50 bits per heavy atom. The van der Waals surface area contributed by atoms with E-state index >= 15 is 0 Å². The zero-order valence-corrected chi connectivity index (χ0v) is 25.4. The van der Waals surface area contributed by atoms with E-state index in [1.54, 1.807) is 0 Å². The van der Waals surface area contributed by atoms with E-state index in [9.17, 15) is 4.79 Å². The number of ketones is 1. The van der Waals surface area contributed by atoms with E-state index in [1.807, 2.05) is 48.5 Å². The van der Waals surface area contributed by atoms with Gasteiger partial charge >= 0.3 is 0 Å². The number of aromatic nitrogens is 2. The zero-order valence-electron chi connectivity index (χ0n) is 23.8. The van der Waals surface area contributed by atoms with E-state index in [1.165, 1.54) is 11.1 Å². The first-order chi connectivity index (χ1) is 20.5. The minimum absolute atomic E-state index is 0.102. The molecule has 0 aliphatic carbocycles. The first kappa shape index (κ1) is 29.0. The van der Waals surface area contributed by atoms with E-state index in [4.69, 9.17) is 33.2 Å². The van der Waals surface area contributed by atoms with Crippen molar-refractivity contribution in [3.8, 4) is 0 Å². The van der Waals surface area contributed by atoms with Crippen molar-refractivity contribution in [2.45, 2.75) is 32.0 Å². The van der Waals surface area contributed by atoms with Gasteiger partial charge in [0.15, 0.2) is 5.78 Å². The zero-order chi connectivity index (χ0) is 29.1. The molecule has 2 aliphatic heterocycles. The number of Topliss-reactive ketones (excluding diaryl/α,β-unsaturated/α-hetero) is 1. The van der Waals surface area contributed by atoms with Gasteiger partial charge in [-0.2, -0.15) is 0 Å². The van der Waals surface area contributed by atoms with E-state index in [2.05, 4.69) is 51.2 Å². The summed E-state index contributed by atoms with van der Waals surface area (Å²) in [5.41, 5.74) is 3.34. The number of para-hydroxylation sites is 1. The molecule has 2 saturated heterocycles. The van der Waals surface area contributed by atoms with Gasteiger partial charge in [0, 0.05) is 61.1 Å². The van der Waals surface area contributed by atoms with Gasteiger partial charge in [0.05, 0.1) is 24.1 Å². The van der Waals surface area contributed by atoms with Gasteiger partial charge in [-0.05, 0) is 54.1 Å². The summed E-state index contributed by atoms with van der Waals surface area (Å²) in [7, 11) is 0. The molecule has 1 N–H and O–H groups in total. The predicted molar refractivity (Wildman–Crippen MR) is 170 cm³/mol. The van der Waals surface area contributed by atoms with E-state index in [0.29, 0.717) is 25.3 Å². The Morgan fingerprint density at radius 1 is 0.857 bits per heavy atom. The lowest BCUT2D eigenvalue weighted by molar-refractivity contribution is -0.119. The summed E-state index contributed by atoms with van der Waals surface area (Å²) in [5.74, 6) is 1.90. The number of halogens is 2. The number of anilines is 1. The maximum absolute atomic E-state index is 12.5. The van der Waals surface area contributed by atoms with Gasteiger partial charge in [0.2, 0.25) is 0 Å². The Labute approximate surface area is 257 Å². The molecule has 0 amide bonds. The Bertz CT molecular complexity index is 1480. The molecule has 3 heterocycles. The quantitative estimate of drug-likeness (QED) is 0.255. The summed E-state index contributed by atoms with van der Waals surface area (Å²) in [6.45, 7) is 8.66. The van der Waals surface area contributed by atoms with E-state index < -0.39 is 0 Å². The Morgan fingerprint density at radius 3 is 2.14 bits per heavy atom. The molecule has 3 aromatic carbocycles. The normalized spacial score (nSPS) is 18.8. The van der Waals surface area contributed by atoms with Crippen LogP contribution in [-0.4, -0.2) is 82.3 Å². The second-order valence-electron chi connectivity index (χ2n) is 11.1. The molecular weight excluding hydrogens is 567 g/mol. The molecule has 9 heteroatoms. The van der Waals surface area contributed by atoms with Crippen LogP contribution in [0.15, 0.2) is 72.8 Å². The molecule has 7 nitrogen and oxygen atoms in total. The number of carbonyl (C=O) groups is 1. The highest BCUT2D eigenvalue weighted by molar-refractivity contribution is 6.30. The van der Waals surface area contributed by atoms with Gasteiger partial charge in [-0.25, -0.2) is 9.97 Å². The number of hydrogen-bond acceptors (Lipinski definition) is 7. The molecule has 1 unspecified atom stereocenters. The van der Waals surface area contributed by atoms with Gasteiger partial charge in [0.1, 0.15) is 11.6 Å². The fourth-order valence-corrected chi connectivity index (χ4v) is 6.46. The van der Waals surface area contributed by atoms with Crippen molar-refractivity contribution in [2.24, 2.45) is 0 Å². The minimum Gasteiger partial charge on any atom is -0.367 e. The SMILES string of the molecule is CCN1CCC(=O)C1CNc1nc(CN2CCN(C(c3ccc(Cl)cc3)c3ccc(Cl)cc3)CC2)nc2ccccc12. The number of fused-ring (bicyclic) bond motifs is 1. The summed E-state index contributed by atoms with van der Waals surface area (Å²) in [6.07, 6.45) is 0.624. The van der Waals surface area contributed by atoms with Crippen LogP contribution in [0.1, 0.15) is 36.3 Å². The van der Waals surface area contributed by atoms with Crippen molar-refractivity contribution in [1.82, 2.24) is 24.7 Å². The van der Waals surface area contributed by atoms with Crippen LogP contribution in [0, 0.1) is 0 Å². The lowest BCUT2D eigenvalue weighted by Gasteiger charge is -2.39. The second-order valence-corrected chi connectivity index (χ2v) is 11.9. The molecule has 1 atom stereocenters. The molecule has 42 heavy (non-hydrogen) atoms. The Hall–Kier alpha value is -3.07. The molecule has 0 saturated carbocycles. The van der Waals surface area contributed by atoms with E-state index in [0.717, 1.165) is 71.9 Å². The monoisotopic (exact) mass is 602 g/mol. The van der Waals surface area contributed by atoms with Crippen LogP contribution >= 0.6 is 23.2 Å². The summed E-state index contributed by atoms with van der Waals surface area (Å²) < 4.78 is 0. The fraction of sp³-hybridized carbons (Fsp3) is 0.364. The van der Waals surface area contributed by atoms with Crippen LogP contribution in [0.2, 0.25) is 10.0 Å². The minimum atomic E-state index is -0.102. The highest BCUT2D eigenvalue weighted by Crippen LogP contribution is 2.31. The lowest BCUT2D eigenvalue weighted by atomic mass is 9.96. The van der Waals surface area contributed by atoms with Crippen molar-refractivity contribution in [3.63, 3.8) is 0 Å². The maximum Gasteiger partial charge on any atom is 0.153 e. The predicted octanol–water partition coefficient (Wildman–Crippen LogP) is 5.92. The van der Waals surface area contributed by atoms with E-state index in [-0.39, 0.29) is 12.1 Å². The molecule has 2 fully saturated rings. The number of piperazine rings is 1. The van der Waals surface area contributed by atoms with Crippen LogP contribution in [0.4, 0.5) is 5.82 Å². The van der Waals surface area contributed by atoms with Crippen LogP contribution in [-0.2, 0) is 11.3 Å². The highest BCUT2D eigenvalue weighted by atomic mass is 35.5. The molecule has 6 rings (SSSR count).